The number of benzene rings is 1. The molecule has 0 aliphatic rings. The summed E-state index contributed by atoms with van der Waals surface area (Å²) in [5.74, 6) is 0.167. The summed E-state index contributed by atoms with van der Waals surface area (Å²) in [5.41, 5.74) is 1.48. The van der Waals surface area contributed by atoms with Crippen LogP contribution in [0.1, 0.15) is 5.56 Å². The summed E-state index contributed by atoms with van der Waals surface area (Å²) in [7, 11) is 5.42. The molecule has 2 nitrogen and oxygen atoms in total. The van der Waals surface area contributed by atoms with Gasteiger partial charge in [-0.1, -0.05) is 29.7 Å². The lowest BCUT2D eigenvalue weighted by atomic mass is 9.96. The van der Waals surface area contributed by atoms with Crippen molar-refractivity contribution >= 4 is 24.4 Å². The third-order valence-electron chi connectivity index (χ3n) is 1.27. The minimum Gasteiger partial charge on any atom is -0.306 e. The topological polar surface area (TPSA) is 37.3 Å². The van der Waals surface area contributed by atoms with Crippen LogP contribution in [0.2, 0.25) is 0 Å². The van der Waals surface area contributed by atoms with Crippen LogP contribution < -0.4 is 5.46 Å². The van der Waals surface area contributed by atoms with E-state index in [4.69, 9.17) is 12.4 Å². The van der Waals surface area contributed by atoms with Gasteiger partial charge in [0.05, 0.1) is 5.75 Å². The SMILES string of the molecule is [B]c1ccc(CS(=O)O)cc1. The predicted molar refractivity (Wildman–Crippen MR) is 46.3 cm³/mol. The summed E-state index contributed by atoms with van der Waals surface area (Å²) in [4.78, 5) is 0. The third kappa shape index (κ3) is 2.86. The summed E-state index contributed by atoms with van der Waals surface area (Å²) in [6.07, 6.45) is 0. The molecule has 0 amide bonds. The Morgan fingerprint density at radius 2 is 1.91 bits per heavy atom. The summed E-state index contributed by atoms with van der Waals surface area (Å²) >= 11 is -1.76. The zero-order chi connectivity index (χ0) is 8.27. The van der Waals surface area contributed by atoms with Crippen LogP contribution in [-0.2, 0) is 16.8 Å². The molecule has 1 N–H and O–H groups in total. The maximum atomic E-state index is 10.3. The largest absolute Gasteiger partial charge is 0.306 e. The summed E-state index contributed by atoms with van der Waals surface area (Å²) in [6, 6.07) is 6.90. The van der Waals surface area contributed by atoms with Crippen molar-refractivity contribution in [2.45, 2.75) is 5.75 Å². The van der Waals surface area contributed by atoms with Crippen molar-refractivity contribution in [2.75, 3.05) is 0 Å². The Morgan fingerprint density at radius 3 is 2.36 bits per heavy atom. The summed E-state index contributed by atoms with van der Waals surface area (Å²) < 4.78 is 18.8. The molecule has 0 aliphatic carbocycles. The van der Waals surface area contributed by atoms with Crippen LogP contribution in [-0.4, -0.2) is 16.6 Å². The van der Waals surface area contributed by atoms with Gasteiger partial charge in [0.2, 0.25) is 0 Å². The highest BCUT2D eigenvalue weighted by Gasteiger charge is 1.95. The van der Waals surface area contributed by atoms with Crippen molar-refractivity contribution in [1.82, 2.24) is 0 Å². The van der Waals surface area contributed by atoms with Crippen LogP contribution in [0.25, 0.3) is 0 Å². The molecule has 1 aromatic rings. The fourth-order valence-electron chi connectivity index (χ4n) is 0.756. The average Bonchev–Trinajstić information content (AvgIpc) is 1.93. The molecule has 56 valence electrons. The normalized spacial score (nSPS) is 12.8. The number of hydrogen-bond donors (Lipinski definition) is 1. The molecule has 11 heavy (non-hydrogen) atoms. The Labute approximate surface area is 69.3 Å². The van der Waals surface area contributed by atoms with Gasteiger partial charge < -0.3 is 4.55 Å². The number of hydrogen-bond acceptors (Lipinski definition) is 1. The van der Waals surface area contributed by atoms with Crippen LogP contribution >= 0.6 is 0 Å². The van der Waals surface area contributed by atoms with Crippen molar-refractivity contribution < 1.29 is 8.76 Å². The quantitative estimate of drug-likeness (QED) is 0.503. The Bertz CT molecular complexity index is 258. The zero-order valence-corrected chi connectivity index (χ0v) is 6.67. The standard InChI is InChI=1S/C7H7BO2S/c8-7-3-1-6(2-4-7)5-11(9)10/h1-4H,5H2,(H,9,10). The van der Waals surface area contributed by atoms with Crippen LogP contribution in [0, 0.1) is 0 Å². The summed E-state index contributed by atoms with van der Waals surface area (Å²) in [5, 5.41) is 0. The van der Waals surface area contributed by atoms with Crippen molar-refractivity contribution in [3.8, 4) is 0 Å². The van der Waals surface area contributed by atoms with E-state index >= 15 is 0 Å². The Morgan fingerprint density at radius 1 is 1.36 bits per heavy atom. The first kappa shape index (κ1) is 8.49. The fourth-order valence-corrected chi connectivity index (χ4v) is 1.23. The highest BCUT2D eigenvalue weighted by molar-refractivity contribution is 7.78. The molecule has 4 heteroatoms. The smallest absolute Gasteiger partial charge is 0.157 e. The third-order valence-corrected chi connectivity index (χ3v) is 1.85. The zero-order valence-electron chi connectivity index (χ0n) is 5.86. The van der Waals surface area contributed by atoms with Gasteiger partial charge in [-0.25, -0.2) is 4.21 Å². The van der Waals surface area contributed by atoms with E-state index in [9.17, 15) is 4.21 Å². The Balaban J connectivity index is 2.74. The first-order valence-electron chi connectivity index (χ1n) is 3.10. The molecule has 0 aliphatic heterocycles. The minimum absolute atomic E-state index is 0.167. The first-order valence-corrected chi connectivity index (χ1v) is 4.38. The van der Waals surface area contributed by atoms with Gasteiger partial charge in [0.25, 0.3) is 0 Å². The maximum absolute atomic E-state index is 10.3. The van der Waals surface area contributed by atoms with Gasteiger partial charge in [-0.15, -0.1) is 0 Å². The predicted octanol–water partition coefficient (Wildman–Crippen LogP) is 0.202. The molecule has 0 heterocycles. The van der Waals surface area contributed by atoms with Gasteiger partial charge in [-0.2, -0.15) is 0 Å². The monoisotopic (exact) mass is 166 g/mol. The van der Waals surface area contributed by atoms with E-state index in [-0.39, 0.29) is 5.75 Å². The molecule has 0 aromatic heterocycles. The highest BCUT2D eigenvalue weighted by Crippen LogP contribution is 1.98. The molecule has 0 spiro atoms. The van der Waals surface area contributed by atoms with E-state index in [0.717, 1.165) is 5.56 Å². The van der Waals surface area contributed by atoms with E-state index in [1.54, 1.807) is 24.3 Å². The van der Waals surface area contributed by atoms with E-state index in [0.29, 0.717) is 5.46 Å². The molecular weight excluding hydrogens is 159 g/mol. The minimum atomic E-state index is -1.76. The van der Waals surface area contributed by atoms with Gasteiger partial charge in [0.15, 0.2) is 11.1 Å². The lowest BCUT2D eigenvalue weighted by Gasteiger charge is -1.96. The lowest BCUT2D eigenvalue weighted by Crippen LogP contribution is -2.01. The molecule has 2 radical (unpaired) electrons. The second-order valence-electron chi connectivity index (χ2n) is 2.21. The van der Waals surface area contributed by atoms with Crippen LogP contribution in [0.15, 0.2) is 24.3 Å². The second-order valence-corrected chi connectivity index (χ2v) is 3.14. The Hall–Kier alpha value is -0.605. The first-order chi connectivity index (χ1) is 5.18. The van der Waals surface area contributed by atoms with Crippen LogP contribution in [0.3, 0.4) is 0 Å². The second kappa shape index (κ2) is 3.69. The van der Waals surface area contributed by atoms with Gasteiger partial charge >= 0.3 is 0 Å². The molecule has 0 fully saturated rings. The number of rotatable bonds is 2. The molecule has 0 bridgehead atoms. The van der Waals surface area contributed by atoms with E-state index in [1.807, 2.05) is 0 Å². The Kier molecular flexibility index (Phi) is 2.85. The van der Waals surface area contributed by atoms with Gasteiger partial charge in [0, 0.05) is 0 Å². The van der Waals surface area contributed by atoms with Gasteiger partial charge in [0.1, 0.15) is 7.85 Å². The fraction of sp³-hybridized carbons (Fsp3) is 0.143. The van der Waals surface area contributed by atoms with Crippen molar-refractivity contribution in [3.05, 3.63) is 29.8 Å². The van der Waals surface area contributed by atoms with Gasteiger partial charge in [-0.3, -0.25) is 0 Å². The van der Waals surface area contributed by atoms with Gasteiger partial charge in [-0.05, 0) is 5.56 Å². The molecular formula is C7H7BO2S. The maximum Gasteiger partial charge on any atom is 0.157 e. The molecule has 0 saturated heterocycles. The molecule has 1 rings (SSSR count). The summed E-state index contributed by atoms with van der Waals surface area (Å²) in [6.45, 7) is 0. The highest BCUT2D eigenvalue weighted by atomic mass is 32.2. The van der Waals surface area contributed by atoms with Crippen molar-refractivity contribution in [1.29, 1.82) is 0 Å². The molecule has 1 aromatic carbocycles. The average molecular weight is 166 g/mol. The van der Waals surface area contributed by atoms with E-state index in [1.165, 1.54) is 0 Å². The van der Waals surface area contributed by atoms with Crippen molar-refractivity contribution in [3.63, 3.8) is 0 Å². The molecule has 1 atom stereocenters. The molecule has 0 saturated carbocycles. The van der Waals surface area contributed by atoms with E-state index < -0.39 is 11.1 Å². The van der Waals surface area contributed by atoms with Crippen molar-refractivity contribution in [2.24, 2.45) is 0 Å². The van der Waals surface area contributed by atoms with Crippen LogP contribution in [0.5, 0.6) is 0 Å². The van der Waals surface area contributed by atoms with Crippen LogP contribution in [0.4, 0.5) is 0 Å². The molecule has 1 unspecified atom stereocenters. The van der Waals surface area contributed by atoms with E-state index in [2.05, 4.69) is 0 Å². The lowest BCUT2D eigenvalue weighted by molar-refractivity contribution is 0.563.